The quantitative estimate of drug-likeness (QED) is 0.682. The lowest BCUT2D eigenvalue weighted by atomic mass is 9.92. The van der Waals surface area contributed by atoms with Crippen LogP contribution in [0.4, 0.5) is 5.82 Å². The number of unbranched alkanes of at least 4 members (excludes halogenated alkanes) is 1. The van der Waals surface area contributed by atoms with E-state index in [0.717, 1.165) is 42.8 Å². The number of carbonyl (C=O) groups excluding carboxylic acids is 1. The number of nitrogens with zero attached hydrogens (tertiary/aromatic N) is 2. The summed E-state index contributed by atoms with van der Waals surface area (Å²) in [6.07, 6.45) is 3.93. The van der Waals surface area contributed by atoms with E-state index in [1.54, 1.807) is 7.11 Å². The fourth-order valence-corrected chi connectivity index (χ4v) is 2.96. The van der Waals surface area contributed by atoms with Crippen LogP contribution < -0.4 is 10.1 Å². The Hall–Kier alpha value is -2.30. The second kappa shape index (κ2) is 9.07. The molecule has 0 aliphatic rings. The molecule has 0 aliphatic carbocycles. The van der Waals surface area contributed by atoms with Crippen molar-refractivity contribution in [3.63, 3.8) is 0 Å². The molecule has 1 unspecified atom stereocenters. The minimum atomic E-state index is -0.108. The highest BCUT2D eigenvalue weighted by Gasteiger charge is 2.23. The van der Waals surface area contributed by atoms with Crippen LogP contribution in [-0.4, -0.2) is 22.8 Å². The maximum atomic E-state index is 12.8. The van der Waals surface area contributed by atoms with Crippen LogP contribution in [0.15, 0.2) is 30.3 Å². The fourth-order valence-electron chi connectivity index (χ4n) is 2.96. The summed E-state index contributed by atoms with van der Waals surface area (Å²) in [5.74, 6) is 1.60. The number of ether oxygens (including phenoxy) is 1. The Bertz CT molecular complexity index is 742. The highest BCUT2D eigenvalue weighted by molar-refractivity contribution is 5.92. The number of aromatic nitrogens is 2. The second-order valence-electron chi connectivity index (χ2n) is 8.01. The highest BCUT2D eigenvalue weighted by Crippen LogP contribution is 2.28. The molecular weight excluding hydrogens is 338 g/mol. The van der Waals surface area contributed by atoms with E-state index in [1.807, 2.05) is 35.0 Å². The van der Waals surface area contributed by atoms with Gasteiger partial charge in [-0.05, 0) is 37.1 Å². The predicted octanol–water partition coefficient (Wildman–Crippen LogP) is 5.33. The third kappa shape index (κ3) is 5.34. The lowest BCUT2D eigenvalue weighted by Gasteiger charge is -2.15. The number of nitrogens with one attached hydrogen (secondary N) is 1. The van der Waals surface area contributed by atoms with Crippen LogP contribution in [0.2, 0.25) is 0 Å². The number of rotatable bonds is 8. The molecule has 148 valence electrons. The van der Waals surface area contributed by atoms with E-state index < -0.39 is 0 Å². The Balaban J connectivity index is 2.35. The van der Waals surface area contributed by atoms with Crippen molar-refractivity contribution >= 4 is 11.7 Å². The van der Waals surface area contributed by atoms with E-state index >= 15 is 0 Å². The molecule has 0 saturated heterocycles. The van der Waals surface area contributed by atoms with Gasteiger partial charge in [-0.3, -0.25) is 4.79 Å². The number of benzene rings is 1. The monoisotopic (exact) mass is 371 g/mol. The molecule has 0 radical (unpaired) electrons. The standard InChI is InChI=1S/C22H33N3O2/c1-7-9-10-16(8-2)21(26)23-20-15-19(22(3,4)5)24-25(20)17-11-13-18(27-6)14-12-17/h11-16H,7-10H2,1-6H3,(H,23,26). The number of hydrogen-bond acceptors (Lipinski definition) is 3. The van der Waals surface area contributed by atoms with Gasteiger partial charge >= 0.3 is 0 Å². The van der Waals surface area contributed by atoms with Gasteiger partial charge in [0.1, 0.15) is 11.6 Å². The van der Waals surface area contributed by atoms with Gasteiger partial charge in [-0.2, -0.15) is 5.10 Å². The van der Waals surface area contributed by atoms with Crippen molar-refractivity contribution in [3.8, 4) is 11.4 Å². The first-order valence-electron chi connectivity index (χ1n) is 9.86. The molecule has 1 amide bonds. The first kappa shape index (κ1) is 21.0. The lowest BCUT2D eigenvalue weighted by Crippen LogP contribution is -2.23. The minimum absolute atomic E-state index is 0.0299. The summed E-state index contributed by atoms with van der Waals surface area (Å²) < 4.78 is 7.05. The number of anilines is 1. The van der Waals surface area contributed by atoms with Crippen molar-refractivity contribution in [2.45, 2.75) is 65.7 Å². The Morgan fingerprint density at radius 3 is 2.41 bits per heavy atom. The normalized spacial score (nSPS) is 12.7. The van der Waals surface area contributed by atoms with E-state index in [2.05, 4.69) is 39.9 Å². The van der Waals surface area contributed by atoms with Gasteiger partial charge in [0.25, 0.3) is 0 Å². The van der Waals surface area contributed by atoms with Crippen molar-refractivity contribution in [1.82, 2.24) is 9.78 Å². The molecule has 1 heterocycles. The number of carbonyl (C=O) groups is 1. The molecule has 0 aliphatic heterocycles. The van der Waals surface area contributed by atoms with Crippen molar-refractivity contribution in [2.24, 2.45) is 5.92 Å². The molecule has 1 atom stereocenters. The molecule has 2 aromatic rings. The molecule has 1 aromatic heterocycles. The number of hydrogen-bond donors (Lipinski definition) is 1. The molecule has 1 N–H and O–H groups in total. The first-order valence-corrected chi connectivity index (χ1v) is 9.86. The highest BCUT2D eigenvalue weighted by atomic mass is 16.5. The Labute approximate surface area is 163 Å². The number of methoxy groups -OCH3 is 1. The molecule has 5 nitrogen and oxygen atoms in total. The zero-order valence-electron chi connectivity index (χ0n) is 17.5. The average Bonchev–Trinajstić information content (AvgIpc) is 3.06. The molecule has 0 spiro atoms. The fraction of sp³-hybridized carbons (Fsp3) is 0.545. The van der Waals surface area contributed by atoms with Crippen molar-refractivity contribution in [3.05, 3.63) is 36.0 Å². The van der Waals surface area contributed by atoms with Crippen LogP contribution in [-0.2, 0) is 10.2 Å². The molecule has 0 saturated carbocycles. The molecule has 0 bridgehead atoms. The van der Waals surface area contributed by atoms with Gasteiger partial charge < -0.3 is 10.1 Å². The van der Waals surface area contributed by atoms with Crippen molar-refractivity contribution < 1.29 is 9.53 Å². The third-order valence-electron chi connectivity index (χ3n) is 4.82. The van der Waals surface area contributed by atoms with Crippen molar-refractivity contribution in [1.29, 1.82) is 0 Å². The van der Waals surface area contributed by atoms with Gasteiger partial charge in [0, 0.05) is 17.4 Å². The summed E-state index contributed by atoms with van der Waals surface area (Å²) in [5, 5.41) is 7.89. The van der Waals surface area contributed by atoms with E-state index in [9.17, 15) is 4.79 Å². The zero-order chi connectivity index (χ0) is 20.0. The van der Waals surface area contributed by atoms with Crippen LogP contribution in [0.5, 0.6) is 5.75 Å². The van der Waals surface area contributed by atoms with E-state index in [4.69, 9.17) is 9.84 Å². The van der Waals surface area contributed by atoms with E-state index in [-0.39, 0.29) is 17.2 Å². The SMILES string of the molecule is CCCCC(CC)C(=O)Nc1cc(C(C)(C)C)nn1-c1ccc(OC)cc1. The van der Waals surface area contributed by atoms with Crippen LogP contribution >= 0.6 is 0 Å². The molecular formula is C22H33N3O2. The Kier molecular flexibility index (Phi) is 7.05. The van der Waals surface area contributed by atoms with Gasteiger partial charge in [0.15, 0.2) is 0 Å². The summed E-state index contributed by atoms with van der Waals surface area (Å²) in [7, 11) is 1.65. The maximum absolute atomic E-state index is 12.8. The molecule has 27 heavy (non-hydrogen) atoms. The topological polar surface area (TPSA) is 56.2 Å². The first-order chi connectivity index (χ1) is 12.8. The van der Waals surface area contributed by atoms with Crippen LogP contribution in [0.1, 0.15) is 66.0 Å². The third-order valence-corrected chi connectivity index (χ3v) is 4.82. The summed E-state index contributed by atoms with van der Waals surface area (Å²) in [6, 6.07) is 9.67. The molecule has 5 heteroatoms. The van der Waals surface area contributed by atoms with Gasteiger partial charge in [0.2, 0.25) is 5.91 Å². The molecule has 1 aromatic carbocycles. The smallest absolute Gasteiger partial charge is 0.228 e. The summed E-state index contributed by atoms with van der Waals surface area (Å²) in [5.41, 5.74) is 1.72. The Morgan fingerprint density at radius 2 is 1.89 bits per heavy atom. The largest absolute Gasteiger partial charge is 0.497 e. The average molecular weight is 372 g/mol. The molecule has 2 rings (SSSR count). The van der Waals surface area contributed by atoms with Gasteiger partial charge in [0.05, 0.1) is 18.5 Å². The summed E-state index contributed by atoms with van der Waals surface area (Å²) in [4.78, 5) is 12.8. The second-order valence-corrected chi connectivity index (χ2v) is 8.01. The molecule has 0 fully saturated rings. The van der Waals surface area contributed by atoms with Crippen LogP contribution in [0.3, 0.4) is 0 Å². The van der Waals surface area contributed by atoms with E-state index in [1.165, 1.54) is 0 Å². The van der Waals surface area contributed by atoms with Crippen LogP contribution in [0.25, 0.3) is 5.69 Å². The predicted molar refractivity (Wildman–Crippen MR) is 111 cm³/mol. The summed E-state index contributed by atoms with van der Waals surface area (Å²) in [6.45, 7) is 10.6. The van der Waals surface area contributed by atoms with Gasteiger partial charge in [-0.25, -0.2) is 4.68 Å². The minimum Gasteiger partial charge on any atom is -0.497 e. The number of amides is 1. The summed E-state index contributed by atoms with van der Waals surface area (Å²) >= 11 is 0. The lowest BCUT2D eigenvalue weighted by molar-refractivity contribution is -0.120. The van der Waals surface area contributed by atoms with Crippen molar-refractivity contribution in [2.75, 3.05) is 12.4 Å². The zero-order valence-corrected chi connectivity index (χ0v) is 17.5. The van der Waals surface area contributed by atoms with Gasteiger partial charge in [-0.1, -0.05) is 47.5 Å². The van der Waals surface area contributed by atoms with Gasteiger partial charge in [-0.15, -0.1) is 0 Å². The maximum Gasteiger partial charge on any atom is 0.228 e. The Morgan fingerprint density at radius 1 is 1.22 bits per heavy atom. The van der Waals surface area contributed by atoms with E-state index in [0.29, 0.717) is 5.82 Å². The van der Waals surface area contributed by atoms with Crippen LogP contribution in [0, 0.1) is 5.92 Å².